The minimum Gasteiger partial charge on any atom is -0.368 e. The molecule has 0 saturated carbocycles. The second-order valence-corrected chi connectivity index (χ2v) is 4.50. The standard InChI is InChI=1S/C14H15N3O2/c1-9-3-4-11(10(2)7-9)12-5-6-14(19)17(16-12)8-13(15)18/h3-7H,8H2,1-2H3,(H2,15,18). The first-order valence-electron chi connectivity index (χ1n) is 5.91. The maximum atomic E-state index is 11.6. The smallest absolute Gasteiger partial charge is 0.267 e. The van der Waals surface area contributed by atoms with Crippen LogP contribution in [0.25, 0.3) is 11.3 Å². The molecule has 1 aromatic heterocycles. The number of hydrogen-bond acceptors (Lipinski definition) is 3. The lowest BCUT2D eigenvalue weighted by molar-refractivity contribution is -0.118. The Bertz CT molecular complexity index is 689. The third kappa shape index (κ3) is 2.88. The Kier molecular flexibility index (Phi) is 3.46. The van der Waals surface area contributed by atoms with Crippen molar-refractivity contribution in [3.05, 3.63) is 51.8 Å². The number of hydrogen-bond donors (Lipinski definition) is 1. The van der Waals surface area contributed by atoms with Crippen LogP contribution in [0, 0.1) is 13.8 Å². The zero-order valence-electron chi connectivity index (χ0n) is 10.9. The van der Waals surface area contributed by atoms with Gasteiger partial charge in [0.2, 0.25) is 5.91 Å². The van der Waals surface area contributed by atoms with Crippen LogP contribution >= 0.6 is 0 Å². The van der Waals surface area contributed by atoms with E-state index in [1.165, 1.54) is 6.07 Å². The molecular formula is C14H15N3O2. The van der Waals surface area contributed by atoms with Crippen LogP contribution in [0.3, 0.4) is 0 Å². The molecule has 0 aliphatic rings. The van der Waals surface area contributed by atoms with E-state index in [2.05, 4.69) is 5.10 Å². The summed E-state index contributed by atoms with van der Waals surface area (Å²) < 4.78 is 1.08. The van der Waals surface area contributed by atoms with Crippen molar-refractivity contribution in [1.82, 2.24) is 9.78 Å². The minimum absolute atomic E-state index is 0.211. The average molecular weight is 257 g/mol. The quantitative estimate of drug-likeness (QED) is 0.891. The topological polar surface area (TPSA) is 78.0 Å². The summed E-state index contributed by atoms with van der Waals surface area (Å²) in [6.07, 6.45) is 0. The molecule has 5 heteroatoms. The predicted molar refractivity (Wildman–Crippen MR) is 72.6 cm³/mol. The molecule has 0 fully saturated rings. The first kappa shape index (κ1) is 13.0. The number of aromatic nitrogens is 2. The van der Waals surface area contributed by atoms with E-state index in [1.807, 2.05) is 32.0 Å². The number of nitrogens with zero attached hydrogens (tertiary/aromatic N) is 2. The molecule has 2 N–H and O–H groups in total. The highest BCUT2D eigenvalue weighted by molar-refractivity contribution is 5.73. The Hall–Kier alpha value is -2.43. The maximum absolute atomic E-state index is 11.6. The van der Waals surface area contributed by atoms with E-state index >= 15 is 0 Å². The lowest BCUT2D eigenvalue weighted by Crippen LogP contribution is -2.29. The van der Waals surface area contributed by atoms with Crippen molar-refractivity contribution < 1.29 is 4.79 Å². The molecule has 19 heavy (non-hydrogen) atoms. The van der Waals surface area contributed by atoms with Crippen LogP contribution in [0.5, 0.6) is 0 Å². The van der Waals surface area contributed by atoms with Gasteiger partial charge in [0.1, 0.15) is 6.54 Å². The van der Waals surface area contributed by atoms with Crippen LogP contribution in [-0.2, 0) is 11.3 Å². The second kappa shape index (κ2) is 5.06. The number of carbonyl (C=O) groups excluding carboxylic acids is 1. The summed E-state index contributed by atoms with van der Waals surface area (Å²) in [5, 5.41) is 4.18. The minimum atomic E-state index is -0.590. The van der Waals surface area contributed by atoms with Crippen molar-refractivity contribution in [1.29, 1.82) is 0 Å². The van der Waals surface area contributed by atoms with Gasteiger partial charge >= 0.3 is 0 Å². The highest BCUT2D eigenvalue weighted by Crippen LogP contribution is 2.21. The van der Waals surface area contributed by atoms with E-state index in [0.717, 1.165) is 21.4 Å². The summed E-state index contributed by atoms with van der Waals surface area (Å²) in [6.45, 7) is 3.78. The third-order valence-corrected chi connectivity index (χ3v) is 2.83. The van der Waals surface area contributed by atoms with Crippen molar-refractivity contribution in [2.75, 3.05) is 0 Å². The molecule has 0 aliphatic heterocycles. The summed E-state index contributed by atoms with van der Waals surface area (Å²) in [5.74, 6) is -0.590. The number of rotatable bonds is 3. The molecule has 2 aromatic rings. The molecule has 98 valence electrons. The van der Waals surface area contributed by atoms with Crippen molar-refractivity contribution in [2.24, 2.45) is 5.73 Å². The molecule has 1 heterocycles. The molecule has 0 unspecified atom stereocenters. The predicted octanol–water partition coefficient (Wildman–Crippen LogP) is 1.01. The second-order valence-electron chi connectivity index (χ2n) is 4.50. The lowest BCUT2D eigenvalue weighted by atomic mass is 10.0. The molecule has 1 amide bonds. The van der Waals surface area contributed by atoms with Crippen LogP contribution in [0.1, 0.15) is 11.1 Å². The van der Waals surface area contributed by atoms with Gasteiger partial charge in [0.05, 0.1) is 5.69 Å². The number of amides is 1. The third-order valence-electron chi connectivity index (χ3n) is 2.83. The summed E-state index contributed by atoms with van der Waals surface area (Å²) >= 11 is 0. The zero-order valence-corrected chi connectivity index (χ0v) is 10.9. The molecule has 0 aliphatic carbocycles. The van der Waals surface area contributed by atoms with Gasteiger partial charge in [-0.05, 0) is 25.5 Å². The van der Waals surface area contributed by atoms with Crippen LogP contribution in [0.2, 0.25) is 0 Å². The number of carbonyl (C=O) groups is 1. The summed E-state index contributed by atoms with van der Waals surface area (Å²) in [7, 11) is 0. The first-order valence-corrected chi connectivity index (χ1v) is 5.91. The molecule has 2 rings (SSSR count). The van der Waals surface area contributed by atoms with Gasteiger partial charge < -0.3 is 5.73 Å². The van der Waals surface area contributed by atoms with E-state index in [9.17, 15) is 9.59 Å². The maximum Gasteiger partial charge on any atom is 0.267 e. The Morgan fingerprint density at radius 2 is 2.00 bits per heavy atom. The summed E-state index contributed by atoms with van der Waals surface area (Å²) in [4.78, 5) is 22.5. The van der Waals surface area contributed by atoms with E-state index in [-0.39, 0.29) is 12.1 Å². The number of benzene rings is 1. The van der Waals surface area contributed by atoms with E-state index in [1.54, 1.807) is 6.07 Å². The summed E-state index contributed by atoms with van der Waals surface area (Å²) in [5.41, 5.74) is 8.56. The van der Waals surface area contributed by atoms with Gasteiger partial charge in [0.25, 0.3) is 5.56 Å². The Labute approximate surface area is 110 Å². The van der Waals surface area contributed by atoms with Gasteiger partial charge in [0.15, 0.2) is 0 Å². The Morgan fingerprint density at radius 1 is 1.26 bits per heavy atom. The van der Waals surface area contributed by atoms with Gasteiger partial charge in [-0.1, -0.05) is 23.8 Å². The molecule has 0 spiro atoms. The number of primary amides is 1. The van der Waals surface area contributed by atoms with E-state index in [0.29, 0.717) is 5.69 Å². The highest BCUT2D eigenvalue weighted by atomic mass is 16.2. The summed E-state index contributed by atoms with van der Waals surface area (Å²) in [6, 6.07) is 9.02. The molecule has 0 saturated heterocycles. The monoisotopic (exact) mass is 257 g/mol. The molecular weight excluding hydrogens is 242 g/mol. The Morgan fingerprint density at radius 3 is 2.63 bits per heavy atom. The van der Waals surface area contributed by atoms with Crippen molar-refractivity contribution >= 4 is 5.91 Å². The normalized spacial score (nSPS) is 10.4. The van der Waals surface area contributed by atoms with Gasteiger partial charge in [-0.15, -0.1) is 0 Å². The molecule has 0 atom stereocenters. The average Bonchev–Trinajstić information content (AvgIpc) is 2.32. The largest absolute Gasteiger partial charge is 0.368 e. The lowest BCUT2D eigenvalue weighted by Gasteiger charge is -2.08. The van der Waals surface area contributed by atoms with Crippen molar-refractivity contribution in [2.45, 2.75) is 20.4 Å². The van der Waals surface area contributed by atoms with E-state index in [4.69, 9.17) is 5.73 Å². The molecule has 0 radical (unpaired) electrons. The first-order chi connectivity index (χ1) is 8.97. The molecule has 0 bridgehead atoms. The van der Waals surface area contributed by atoms with Crippen molar-refractivity contribution in [3.8, 4) is 11.3 Å². The Balaban J connectivity index is 2.51. The van der Waals surface area contributed by atoms with Gasteiger partial charge in [0, 0.05) is 11.6 Å². The number of aryl methyl sites for hydroxylation is 2. The number of nitrogens with two attached hydrogens (primary N) is 1. The molecule has 1 aromatic carbocycles. The van der Waals surface area contributed by atoms with Crippen LogP contribution in [-0.4, -0.2) is 15.7 Å². The zero-order chi connectivity index (χ0) is 14.0. The van der Waals surface area contributed by atoms with Crippen molar-refractivity contribution in [3.63, 3.8) is 0 Å². The van der Waals surface area contributed by atoms with Crippen LogP contribution in [0.15, 0.2) is 35.1 Å². The van der Waals surface area contributed by atoms with Gasteiger partial charge in [-0.25, -0.2) is 4.68 Å². The van der Waals surface area contributed by atoms with Gasteiger partial charge in [-0.3, -0.25) is 9.59 Å². The van der Waals surface area contributed by atoms with Crippen LogP contribution in [0.4, 0.5) is 0 Å². The van der Waals surface area contributed by atoms with Crippen LogP contribution < -0.4 is 11.3 Å². The van der Waals surface area contributed by atoms with E-state index < -0.39 is 5.91 Å². The SMILES string of the molecule is Cc1ccc(-c2ccc(=O)n(CC(N)=O)n2)c(C)c1. The molecule has 5 nitrogen and oxygen atoms in total. The fourth-order valence-corrected chi connectivity index (χ4v) is 1.95. The van der Waals surface area contributed by atoms with Gasteiger partial charge in [-0.2, -0.15) is 5.10 Å². The fourth-order valence-electron chi connectivity index (χ4n) is 1.95. The fraction of sp³-hybridized carbons (Fsp3) is 0.214. The highest BCUT2D eigenvalue weighted by Gasteiger charge is 2.07.